The van der Waals surface area contributed by atoms with Crippen LogP contribution < -0.4 is 0 Å². The van der Waals surface area contributed by atoms with E-state index in [0.29, 0.717) is 25.7 Å². The summed E-state index contributed by atoms with van der Waals surface area (Å²) < 4.78 is 28.3. The Labute approximate surface area is 489 Å². The minimum Gasteiger partial charge on any atom is -0.479 e. The fourth-order valence-corrected chi connectivity index (χ4v) is 8.24. The molecular weight excluding hydrogens is 1020 g/mol. The molecule has 0 bridgehead atoms. The van der Waals surface area contributed by atoms with Crippen molar-refractivity contribution in [2.45, 2.75) is 250 Å². The molecule has 1 rings (SSSR count). The molecule has 6 unspecified atom stereocenters. The van der Waals surface area contributed by atoms with Gasteiger partial charge in [-0.15, -0.1) is 0 Å². The molecule has 0 radical (unpaired) electrons. The lowest BCUT2D eigenvalue weighted by molar-refractivity contribution is -0.301. The number of carbonyl (C=O) groups is 4. The lowest BCUT2D eigenvalue weighted by Crippen LogP contribution is -2.61. The molecule has 1 heterocycles. The number of hydrogen-bond donors (Lipinski definition) is 3. The molecule has 0 saturated carbocycles. The Balaban J connectivity index is 2.76. The minimum atomic E-state index is -1.94. The molecule has 6 atom stereocenters. The quantitative estimate of drug-likeness (QED) is 0.0228. The third-order valence-corrected chi connectivity index (χ3v) is 12.9. The highest BCUT2D eigenvalue weighted by atomic mass is 16.7. The van der Waals surface area contributed by atoms with Gasteiger partial charge < -0.3 is 39.0 Å². The average molecular weight is 1130 g/mol. The number of aliphatic hydroxyl groups is 2. The van der Waals surface area contributed by atoms with Crippen LogP contribution >= 0.6 is 0 Å². The van der Waals surface area contributed by atoms with E-state index < -0.39 is 67.3 Å². The van der Waals surface area contributed by atoms with E-state index in [0.717, 1.165) is 128 Å². The molecule has 0 aromatic rings. The minimum absolute atomic E-state index is 0.0772. The Bertz CT molecular complexity index is 1960. The molecule has 1 saturated heterocycles. The van der Waals surface area contributed by atoms with Crippen LogP contribution in [-0.2, 0) is 42.9 Å². The summed E-state index contributed by atoms with van der Waals surface area (Å²) in [6.45, 7) is 5.67. The van der Waals surface area contributed by atoms with Gasteiger partial charge in [0.2, 0.25) is 0 Å². The number of aliphatic hydroxyl groups excluding tert-OH is 2. The van der Waals surface area contributed by atoms with Gasteiger partial charge in [0, 0.05) is 19.3 Å². The first-order chi connectivity index (χ1) is 39.6. The van der Waals surface area contributed by atoms with Crippen molar-refractivity contribution < 1.29 is 58.2 Å². The van der Waals surface area contributed by atoms with Crippen LogP contribution in [0.15, 0.2) is 146 Å². The van der Waals surface area contributed by atoms with Gasteiger partial charge in [0.05, 0.1) is 6.61 Å². The van der Waals surface area contributed by atoms with Crippen molar-refractivity contribution in [2.24, 2.45) is 0 Å². The first kappa shape index (κ1) is 73.6. The Morgan fingerprint density at radius 3 is 1.23 bits per heavy atom. The van der Waals surface area contributed by atoms with Crippen LogP contribution in [0.4, 0.5) is 0 Å². The Kier molecular flexibility index (Phi) is 50.1. The molecule has 81 heavy (non-hydrogen) atoms. The monoisotopic (exact) mass is 1130 g/mol. The van der Waals surface area contributed by atoms with Crippen molar-refractivity contribution in [1.82, 2.24) is 0 Å². The van der Waals surface area contributed by atoms with Gasteiger partial charge in [0.25, 0.3) is 0 Å². The number of carbonyl (C=O) groups excluding carboxylic acids is 3. The molecule has 0 aliphatic carbocycles. The number of rotatable bonds is 50. The van der Waals surface area contributed by atoms with Crippen LogP contribution in [0.3, 0.4) is 0 Å². The van der Waals surface area contributed by atoms with Crippen molar-refractivity contribution in [3.05, 3.63) is 146 Å². The molecule has 0 spiro atoms. The van der Waals surface area contributed by atoms with Crippen molar-refractivity contribution in [2.75, 3.05) is 13.2 Å². The number of carboxylic acid groups (broad SMARTS) is 1. The summed E-state index contributed by atoms with van der Waals surface area (Å²) in [7, 11) is 0. The number of hydrogen-bond acceptors (Lipinski definition) is 11. The van der Waals surface area contributed by atoms with Crippen molar-refractivity contribution in [3.8, 4) is 0 Å². The zero-order valence-electron chi connectivity index (χ0n) is 50.0. The summed E-state index contributed by atoms with van der Waals surface area (Å²) in [5, 5.41) is 31.5. The second kappa shape index (κ2) is 55.2. The van der Waals surface area contributed by atoms with Gasteiger partial charge in [-0.1, -0.05) is 212 Å². The maximum absolute atomic E-state index is 13.2. The average Bonchev–Trinajstić information content (AvgIpc) is 3.54. The first-order valence-electron chi connectivity index (χ1n) is 30.8. The lowest BCUT2D eigenvalue weighted by Gasteiger charge is -2.40. The normalized spacial score (nSPS) is 18.8. The number of ether oxygens (including phenoxy) is 5. The van der Waals surface area contributed by atoms with Gasteiger partial charge in [0.1, 0.15) is 18.8 Å². The van der Waals surface area contributed by atoms with Crippen molar-refractivity contribution >= 4 is 23.9 Å². The summed E-state index contributed by atoms with van der Waals surface area (Å²) in [6, 6.07) is 0. The molecule has 0 aromatic heterocycles. The predicted octanol–water partition coefficient (Wildman–Crippen LogP) is 16.3. The van der Waals surface area contributed by atoms with Crippen LogP contribution in [0.1, 0.15) is 213 Å². The fraction of sp³-hybridized carbons (Fsp3) is 0.594. The summed E-state index contributed by atoms with van der Waals surface area (Å²) in [5.41, 5.74) is 0. The smallest absolute Gasteiger partial charge is 0.335 e. The number of aliphatic carboxylic acids is 1. The van der Waals surface area contributed by atoms with Crippen LogP contribution in [0, 0.1) is 0 Å². The van der Waals surface area contributed by atoms with E-state index in [1.54, 1.807) is 0 Å². The van der Waals surface area contributed by atoms with E-state index in [2.05, 4.69) is 148 Å². The highest BCUT2D eigenvalue weighted by Gasteiger charge is 2.50. The molecule has 12 nitrogen and oxygen atoms in total. The number of unbranched alkanes of at least 4 members (excludes halogenated alkanes) is 12. The number of carboxylic acids is 1. The Hall–Kier alpha value is -5.40. The van der Waals surface area contributed by atoms with Crippen LogP contribution in [0.25, 0.3) is 0 Å². The molecule has 12 heteroatoms. The number of esters is 3. The lowest BCUT2D eigenvalue weighted by atomic mass is 9.98. The van der Waals surface area contributed by atoms with Gasteiger partial charge in [-0.05, 0) is 128 Å². The maximum Gasteiger partial charge on any atom is 0.335 e. The van der Waals surface area contributed by atoms with Gasteiger partial charge in [-0.2, -0.15) is 0 Å². The van der Waals surface area contributed by atoms with Gasteiger partial charge >= 0.3 is 23.9 Å². The van der Waals surface area contributed by atoms with E-state index in [1.807, 2.05) is 18.2 Å². The summed E-state index contributed by atoms with van der Waals surface area (Å²) in [5.74, 6) is -3.30. The van der Waals surface area contributed by atoms with Crippen LogP contribution in [0.2, 0.25) is 0 Å². The molecule has 3 N–H and O–H groups in total. The van der Waals surface area contributed by atoms with Crippen LogP contribution in [-0.4, -0.2) is 89.2 Å². The standard InChI is InChI=1S/C69H106O12/c1-4-7-10-13-16-19-22-25-28-30-31-33-36-39-42-45-48-51-54-57-63(72)80-67-65(74)64(73)66(68(75)76)81-69(67)78-59-60(79-62(71)56-53-50-47-44-41-38-34-27-24-21-18-15-12-9-6-3)58-77-61(70)55-52-49-46-43-40-37-35-32-29-26-23-20-17-14-11-8-5-2/h7-8,10-11,16-21,25-29,31,33-35,37,39,42,48,51,60,64-67,69,73-74H,4-6,9,12-15,22-24,30,32,36,38,40-41,43-47,49-50,52-59H2,1-3H3,(H,75,76)/b10-7-,11-8-,19-16-,20-17-,21-18-,28-25-,29-26-,33-31-,34-27-,37-35-,42-39-,51-48-. The largest absolute Gasteiger partial charge is 0.479 e. The second-order valence-corrected chi connectivity index (χ2v) is 20.2. The van der Waals surface area contributed by atoms with Crippen molar-refractivity contribution in [3.63, 3.8) is 0 Å². The molecule has 454 valence electrons. The SMILES string of the molecule is CC/C=C\C/C=C\C/C=C\C/C=C\C/C=C\C/C=C\CCC(=O)OC1C(OCC(COC(=O)CCCCCC/C=C\C/C=C\C/C=C\C/C=C\CC)OC(=O)CCCCCCC/C=C\C/C=C\CCCCC)OC(C(=O)O)C(O)C1O. The first-order valence-corrected chi connectivity index (χ1v) is 30.8. The van der Waals surface area contributed by atoms with Gasteiger partial charge in [0.15, 0.2) is 24.6 Å². The molecule has 1 fully saturated rings. The highest BCUT2D eigenvalue weighted by Crippen LogP contribution is 2.26. The van der Waals surface area contributed by atoms with Crippen LogP contribution in [0.5, 0.6) is 0 Å². The predicted molar refractivity (Wildman–Crippen MR) is 330 cm³/mol. The Morgan fingerprint density at radius 2 is 0.802 bits per heavy atom. The molecular formula is C69H106O12. The molecule has 1 aliphatic rings. The fourth-order valence-electron chi connectivity index (χ4n) is 8.24. The summed E-state index contributed by atoms with van der Waals surface area (Å²) >= 11 is 0. The molecule has 0 aromatic carbocycles. The zero-order chi connectivity index (χ0) is 58.9. The molecule has 1 aliphatic heterocycles. The van der Waals surface area contributed by atoms with E-state index in [4.69, 9.17) is 23.7 Å². The third-order valence-electron chi connectivity index (χ3n) is 12.9. The van der Waals surface area contributed by atoms with E-state index >= 15 is 0 Å². The van der Waals surface area contributed by atoms with E-state index in [1.165, 1.54) is 19.3 Å². The van der Waals surface area contributed by atoms with E-state index in [9.17, 15) is 34.5 Å². The zero-order valence-corrected chi connectivity index (χ0v) is 50.0. The van der Waals surface area contributed by atoms with Gasteiger partial charge in [-0.3, -0.25) is 14.4 Å². The summed E-state index contributed by atoms with van der Waals surface area (Å²) in [6.07, 6.45) is 66.7. The van der Waals surface area contributed by atoms with E-state index in [-0.39, 0.29) is 25.9 Å². The summed E-state index contributed by atoms with van der Waals surface area (Å²) in [4.78, 5) is 51.2. The maximum atomic E-state index is 13.2. The van der Waals surface area contributed by atoms with Gasteiger partial charge in [-0.25, -0.2) is 4.79 Å². The molecule has 0 amide bonds. The highest BCUT2D eigenvalue weighted by molar-refractivity contribution is 5.74. The number of allylic oxidation sites excluding steroid dienone is 24. The topological polar surface area (TPSA) is 175 Å². The third kappa shape index (κ3) is 44.9. The Morgan fingerprint density at radius 1 is 0.420 bits per heavy atom. The second-order valence-electron chi connectivity index (χ2n) is 20.2. The van der Waals surface area contributed by atoms with Crippen molar-refractivity contribution in [1.29, 1.82) is 0 Å².